The molecule has 1 saturated carbocycles. The number of carbonyl (C=O) groups excluding carboxylic acids is 1. The molecule has 31 heavy (non-hydrogen) atoms. The predicted octanol–water partition coefficient (Wildman–Crippen LogP) is 4.00. The van der Waals surface area contributed by atoms with Crippen LogP contribution in [0.4, 0.5) is 5.69 Å². The lowest BCUT2D eigenvalue weighted by Crippen LogP contribution is -2.69. The second kappa shape index (κ2) is 9.25. The molecule has 3 unspecified atom stereocenters. The number of benzene rings is 1. The molecule has 2 fully saturated rings. The average molecular weight is 540 g/mol. The Balaban J connectivity index is 0.00000272. The molecule has 2 heterocycles. The zero-order valence-corrected chi connectivity index (χ0v) is 21.8. The van der Waals surface area contributed by atoms with E-state index >= 15 is 0 Å². The molecule has 6 nitrogen and oxygen atoms in total. The number of anilines is 1. The lowest BCUT2D eigenvalue weighted by atomic mass is 9.56. The van der Waals surface area contributed by atoms with E-state index < -0.39 is 0 Å². The van der Waals surface area contributed by atoms with Gasteiger partial charge in [0.05, 0.1) is 5.60 Å². The minimum Gasteiger partial charge on any atom is -0.378 e. The fourth-order valence-corrected chi connectivity index (χ4v) is 5.34. The SMILES string of the molecule is CN=C(NC1CC(C)(OC)C1(C)C)N1CC(CCN2CCCC2=O)c2ccccc21.I. The first-order valence-corrected chi connectivity index (χ1v) is 11.2. The third-order valence-electron chi connectivity index (χ3n) is 8.04. The van der Waals surface area contributed by atoms with Crippen molar-refractivity contribution in [2.45, 2.75) is 64.0 Å². The smallest absolute Gasteiger partial charge is 0.222 e. The molecule has 0 spiro atoms. The number of ether oxygens (including phenoxy) is 1. The van der Waals surface area contributed by atoms with Crippen molar-refractivity contribution in [2.75, 3.05) is 38.7 Å². The van der Waals surface area contributed by atoms with Crippen LogP contribution in [0.25, 0.3) is 0 Å². The molecule has 3 atom stereocenters. The van der Waals surface area contributed by atoms with E-state index in [0.717, 1.165) is 44.9 Å². The summed E-state index contributed by atoms with van der Waals surface area (Å²) in [6, 6.07) is 8.95. The minimum absolute atomic E-state index is 0. The summed E-state index contributed by atoms with van der Waals surface area (Å²) in [5.41, 5.74) is 2.50. The summed E-state index contributed by atoms with van der Waals surface area (Å²) in [6.45, 7) is 9.37. The number of fused-ring (bicyclic) bond motifs is 1. The number of carbonyl (C=O) groups is 1. The highest BCUT2D eigenvalue weighted by Gasteiger charge is 2.58. The summed E-state index contributed by atoms with van der Waals surface area (Å²) < 4.78 is 5.80. The van der Waals surface area contributed by atoms with Crippen molar-refractivity contribution in [1.29, 1.82) is 0 Å². The molecule has 172 valence electrons. The standard InChI is InChI=1S/C24H36N4O2.HI/c1-23(2)20(15-24(23,3)30-5)26-22(25-4)28-16-17(18-9-6-7-10-19(18)28)12-14-27-13-8-11-21(27)29;/h6-7,9-10,17,20H,8,11-16H2,1-5H3,(H,25,26);1H. The van der Waals surface area contributed by atoms with Gasteiger partial charge < -0.3 is 19.9 Å². The third-order valence-corrected chi connectivity index (χ3v) is 8.04. The second-order valence-corrected chi connectivity index (χ2v) is 9.74. The number of hydrogen-bond acceptors (Lipinski definition) is 3. The van der Waals surface area contributed by atoms with Gasteiger partial charge >= 0.3 is 0 Å². The molecule has 4 rings (SSSR count). The third kappa shape index (κ3) is 4.19. The lowest BCUT2D eigenvalue weighted by Gasteiger charge is -2.59. The Morgan fingerprint density at radius 3 is 2.65 bits per heavy atom. The van der Waals surface area contributed by atoms with Crippen LogP contribution in [-0.2, 0) is 9.53 Å². The molecule has 1 saturated heterocycles. The van der Waals surface area contributed by atoms with Gasteiger partial charge in [-0.2, -0.15) is 0 Å². The molecule has 1 aromatic rings. The number of para-hydroxylation sites is 1. The van der Waals surface area contributed by atoms with Gasteiger partial charge in [0.15, 0.2) is 5.96 Å². The van der Waals surface area contributed by atoms with Crippen LogP contribution >= 0.6 is 24.0 Å². The highest BCUT2D eigenvalue weighted by atomic mass is 127. The maximum Gasteiger partial charge on any atom is 0.222 e. The Morgan fingerprint density at radius 2 is 2.03 bits per heavy atom. The van der Waals surface area contributed by atoms with Crippen molar-refractivity contribution < 1.29 is 9.53 Å². The molecule has 1 aromatic carbocycles. The molecular formula is C24H37IN4O2. The Labute approximate surface area is 203 Å². The summed E-state index contributed by atoms with van der Waals surface area (Å²) in [6.07, 6.45) is 3.67. The highest BCUT2D eigenvalue weighted by Crippen LogP contribution is 2.51. The van der Waals surface area contributed by atoms with Crippen molar-refractivity contribution in [3.05, 3.63) is 29.8 Å². The Kier molecular flexibility index (Phi) is 7.25. The number of hydrogen-bond donors (Lipinski definition) is 1. The minimum atomic E-state index is -0.114. The topological polar surface area (TPSA) is 57.2 Å². The van der Waals surface area contributed by atoms with Gasteiger partial charge in [0.25, 0.3) is 0 Å². The first kappa shape index (κ1) is 24.3. The number of methoxy groups -OCH3 is 1. The molecule has 1 aliphatic carbocycles. The van der Waals surface area contributed by atoms with E-state index in [-0.39, 0.29) is 35.0 Å². The van der Waals surface area contributed by atoms with Gasteiger partial charge in [-0.3, -0.25) is 9.79 Å². The zero-order valence-electron chi connectivity index (χ0n) is 19.5. The molecule has 2 aliphatic heterocycles. The van der Waals surface area contributed by atoms with Crippen LogP contribution in [0.15, 0.2) is 29.3 Å². The number of aliphatic imine (C=N–C) groups is 1. The van der Waals surface area contributed by atoms with Crippen molar-refractivity contribution >= 4 is 41.5 Å². The van der Waals surface area contributed by atoms with Gasteiger partial charge in [0.1, 0.15) is 0 Å². The van der Waals surface area contributed by atoms with E-state index in [9.17, 15) is 4.79 Å². The molecule has 0 bridgehead atoms. The fraction of sp³-hybridized carbons (Fsp3) is 0.667. The number of nitrogens with zero attached hydrogens (tertiary/aromatic N) is 3. The summed E-state index contributed by atoms with van der Waals surface area (Å²) in [5, 5.41) is 3.72. The van der Waals surface area contributed by atoms with Gasteiger partial charge in [-0.1, -0.05) is 32.0 Å². The van der Waals surface area contributed by atoms with E-state index in [1.54, 1.807) is 7.11 Å². The number of likely N-dealkylation sites (tertiary alicyclic amines) is 1. The van der Waals surface area contributed by atoms with Crippen LogP contribution in [0, 0.1) is 5.41 Å². The number of guanidine groups is 1. The molecule has 7 heteroatoms. The van der Waals surface area contributed by atoms with Crippen LogP contribution in [0.5, 0.6) is 0 Å². The van der Waals surface area contributed by atoms with Gasteiger partial charge in [0, 0.05) is 63.3 Å². The molecule has 0 radical (unpaired) electrons. The number of rotatable bonds is 5. The number of nitrogens with one attached hydrogen (secondary N) is 1. The maximum absolute atomic E-state index is 12.0. The quantitative estimate of drug-likeness (QED) is 0.349. The lowest BCUT2D eigenvalue weighted by molar-refractivity contribution is -0.176. The highest BCUT2D eigenvalue weighted by molar-refractivity contribution is 14.0. The van der Waals surface area contributed by atoms with E-state index in [1.165, 1.54) is 11.3 Å². The normalized spacial score (nSPS) is 29.5. The molecular weight excluding hydrogens is 503 g/mol. The zero-order chi connectivity index (χ0) is 21.5. The predicted molar refractivity (Wildman–Crippen MR) is 136 cm³/mol. The van der Waals surface area contributed by atoms with Gasteiger partial charge in [-0.25, -0.2) is 0 Å². The largest absolute Gasteiger partial charge is 0.378 e. The van der Waals surface area contributed by atoms with E-state index in [4.69, 9.17) is 4.74 Å². The molecule has 3 aliphatic rings. The number of amides is 1. The molecule has 1 N–H and O–H groups in total. The molecule has 0 aromatic heterocycles. The Morgan fingerprint density at radius 1 is 1.29 bits per heavy atom. The van der Waals surface area contributed by atoms with Crippen molar-refractivity contribution in [2.24, 2.45) is 10.4 Å². The molecule has 1 amide bonds. The first-order chi connectivity index (χ1) is 14.3. The summed E-state index contributed by atoms with van der Waals surface area (Å²) in [7, 11) is 3.67. The Hall–Kier alpha value is -1.35. The summed E-state index contributed by atoms with van der Waals surface area (Å²) >= 11 is 0. The van der Waals surface area contributed by atoms with E-state index in [2.05, 4.69) is 60.2 Å². The van der Waals surface area contributed by atoms with Crippen LogP contribution < -0.4 is 10.2 Å². The fourth-order valence-electron chi connectivity index (χ4n) is 5.34. The average Bonchev–Trinajstić information content (AvgIpc) is 3.32. The first-order valence-electron chi connectivity index (χ1n) is 11.2. The van der Waals surface area contributed by atoms with Crippen LogP contribution in [-0.4, -0.2) is 62.2 Å². The van der Waals surface area contributed by atoms with Crippen LogP contribution in [0.2, 0.25) is 0 Å². The van der Waals surface area contributed by atoms with Gasteiger partial charge in [-0.05, 0) is 37.8 Å². The number of halogens is 1. The van der Waals surface area contributed by atoms with Crippen molar-refractivity contribution in [3.8, 4) is 0 Å². The van der Waals surface area contributed by atoms with Gasteiger partial charge in [0.2, 0.25) is 5.91 Å². The second-order valence-electron chi connectivity index (χ2n) is 9.74. The van der Waals surface area contributed by atoms with Gasteiger partial charge in [-0.15, -0.1) is 24.0 Å². The Bertz CT molecular complexity index is 843. The van der Waals surface area contributed by atoms with Crippen molar-refractivity contribution in [3.63, 3.8) is 0 Å². The van der Waals surface area contributed by atoms with Crippen molar-refractivity contribution in [1.82, 2.24) is 10.2 Å². The summed E-state index contributed by atoms with van der Waals surface area (Å²) in [4.78, 5) is 21.0. The summed E-state index contributed by atoms with van der Waals surface area (Å²) in [5.74, 6) is 1.65. The monoisotopic (exact) mass is 540 g/mol. The van der Waals surface area contributed by atoms with E-state index in [0.29, 0.717) is 24.3 Å². The van der Waals surface area contributed by atoms with Crippen LogP contribution in [0.1, 0.15) is 57.9 Å². The maximum atomic E-state index is 12.0. The van der Waals surface area contributed by atoms with E-state index in [1.807, 2.05) is 11.9 Å². The van der Waals surface area contributed by atoms with Crippen LogP contribution in [0.3, 0.4) is 0 Å².